The zero-order valence-corrected chi connectivity index (χ0v) is 13.8. The summed E-state index contributed by atoms with van der Waals surface area (Å²) in [4.78, 5) is 2.45. The fraction of sp³-hybridized carbons (Fsp3) is 0.667. The molecule has 0 amide bonds. The Morgan fingerprint density at radius 2 is 2.05 bits per heavy atom. The molecule has 1 heterocycles. The van der Waals surface area contributed by atoms with Crippen molar-refractivity contribution < 1.29 is 4.74 Å². The van der Waals surface area contributed by atoms with Gasteiger partial charge in [0.15, 0.2) is 0 Å². The van der Waals surface area contributed by atoms with Crippen molar-refractivity contribution in [3.63, 3.8) is 0 Å². The molecule has 1 aromatic carbocycles. The highest BCUT2D eigenvalue weighted by molar-refractivity contribution is 5.29. The van der Waals surface area contributed by atoms with Crippen molar-refractivity contribution in [1.29, 1.82) is 0 Å². The molecule has 0 spiro atoms. The summed E-state index contributed by atoms with van der Waals surface area (Å²) in [6, 6.07) is 9.75. The zero-order valence-electron chi connectivity index (χ0n) is 13.8. The van der Waals surface area contributed by atoms with Crippen LogP contribution in [0.15, 0.2) is 24.3 Å². The van der Waals surface area contributed by atoms with E-state index in [1.165, 1.54) is 24.9 Å². The molecule has 1 fully saturated rings. The second kappa shape index (κ2) is 8.40. The third kappa shape index (κ3) is 4.72. The number of hydrogen-bond donors (Lipinski definition) is 1. The van der Waals surface area contributed by atoms with Crippen molar-refractivity contribution in [2.45, 2.75) is 51.6 Å². The van der Waals surface area contributed by atoms with Gasteiger partial charge in [-0.05, 0) is 63.5 Å². The number of hydrogen-bond acceptors (Lipinski definition) is 3. The summed E-state index contributed by atoms with van der Waals surface area (Å²) >= 11 is 0. The average Bonchev–Trinajstić information content (AvgIpc) is 2.91. The van der Waals surface area contributed by atoms with Gasteiger partial charge in [-0.15, -0.1) is 0 Å². The molecule has 1 N–H and O–H groups in total. The van der Waals surface area contributed by atoms with E-state index in [2.05, 4.69) is 55.4 Å². The summed E-state index contributed by atoms with van der Waals surface area (Å²) in [6.07, 6.45) is 4.90. The maximum atomic E-state index is 5.90. The molecule has 2 rings (SSSR count). The summed E-state index contributed by atoms with van der Waals surface area (Å²) in [5, 5.41) is 3.51. The fourth-order valence-corrected chi connectivity index (χ4v) is 3.20. The lowest BCUT2D eigenvalue weighted by Crippen LogP contribution is -2.26. The SMILES string of the molecule is CCNC(CC)c1ccc(OCCC2CCCN2C)cc1. The Labute approximate surface area is 129 Å². The van der Waals surface area contributed by atoms with Crippen molar-refractivity contribution >= 4 is 0 Å². The molecular formula is C18H30N2O. The van der Waals surface area contributed by atoms with E-state index < -0.39 is 0 Å². The van der Waals surface area contributed by atoms with Gasteiger partial charge in [0.1, 0.15) is 5.75 Å². The van der Waals surface area contributed by atoms with E-state index in [1.54, 1.807) is 0 Å². The maximum Gasteiger partial charge on any atom is 0.119 e. The van der Waals surface area contributed by atoms with E-state index in [4.69, 9.17) is 4.74 Å². The second-order valence-electron chi connectivity index (χ2n) is 6.00. The monoisotopic (exact) mass is 290 g/mol. The van der Waals surface area contributed by atoms with Gasteiger partial charge >= 0.3 is 0 Å². The van der Waals surface area contributed by atoms with Crippen LogP contribution in [0.3, 0.4) is 0 Å². The van der Waals surface area contributed by atoms with Gasteiger partial charge in [0.2, 0.25) is 0 Å². The lowest BCUT2D eigenvalue weighted by molar-refractivity contribution is 0.233. The van der Waals surface area contributed by atoms with Crippen molar-refractivity contribution in [1.82, 2.24) is 10.2 Å². The van der Waals surface area contributed by atoms with Crippen LogP contribution >= 0.6 is 0 Å². The normalized spacial score (nSPS) is 20.6. The second-order valence-corrected chi connectivity index (χ2v) is 6.00. The van der Waals surface area contributed by atoms with Crippen LogP contribution in [0.1, 0.15) is 51.1 Å². The van der Waals surface area contributed by atoms with E-state index in [0.29, 0.717) is 12.1 Å². The number of benzene rings is 1. The molecule has 0 bridgehead atoms. The van der Waals surface area contributed by atoms with Crippen LogP contribution in [0.5, 0.6) is 5.75 Å². The third-order valence-electron chi connectivity index (χ3n) is 4.53. The molecule has 0 radical (unpaired) electrons. The molecule has 0 aliphatic carbocycles. The van der Waals surface area contributed by atoms with Crippen LogP contribution in [-0.4, -0.2) is 37.7 Å². The lowest BCUT2D eigenvalue weighted by atomic mass is 10.0. The van der Waals surface area contributed by atoms with Crippen LogP contribution in [-0.2, 0) is 0 Å². The maximum absolute atomic E-state index is 5.90. The van der Waals surface area contributed by atoms with Gasteiger partial charge in [0, 0.05) is 12.1 Å². The molecule has 3 heteroatoms. The summed E-state index contributed by atoms with van der Waals surface area (Å²) in [5.41, 5.74) is 1.35. The first-order chi connectivity index (χ1) is 10.2. The van der Waals surface area contributed by atoms with Gasteiger partial charge in [-0.2, -0.15) is 0 Å². The summed E-state index contributed by atoms with van der Waals surface area (Å²) in [7, 11) is 2.22. The third-order valence-corrected chi connectivity index (χ3v) is 4.53. The summed E-state index contributed by atoms with van der Waals surface area (Å²) in [6.45, 7) is 7.43. The highest BCUT2D eigenvalue weighted by Gasteiger charge is 2.20. The highest BCUT2D eigenvalue weighted by atomic mass is 16.5. The molecule has 3 nitrogen and oxygen atoms in total. The van der Waals surface area contributed by atoms with Gasteiger partial charge in [0.25, 0.3) is 0 Å². The van der Waals surface area contributed by atoms with Crippen molar-refractivity contribution in [2.75, 3.05) is 26.7 Å². The van der Waals surface area contributed by atoms with Crippen molar-refractivity contribution in [3.8, 4) is 5.75 Å². The molecule has 118 valence electrons. The van der Waals surface area contributed by atoms with E-state index in [9.17, 15) is 0 Å². The number of likely N-dealkylation sites (tertiary alicyclic amines) is 1. The predicted molar refractivity (Wildman–Crippen MR) is 88.9 cm³/mol. The van der Waals surface area contributed by atoms with E-state index >= 15 is 0 Å². The highest BCUT2D eigenvalue weighted by Crippen LogP contribution is 2.21. The van der Waals surface area contributed by atoms with Gasteiger partial charge in [-0.3, -0.25) is 0 Å². The molecule has 2 atom stereocenters. The average molecular weight is 290 g/mol. The molecule has 0 aromatic heterocycles. The minimum atomic E-state index is 0.455. The quantitative estimate of drug-likeness (QED) is 0.791. The van der Waals surface area contributed by atoms with E-state index in [0.717, 1.165) is 31.7 Å². The van der Waals surface area contributed by atoms with Gasteiger partial charge in [-0.1, -0.05) is 26.0 Å². The fourth-order valence-electron chi connectivity index (χ4n) is 3.20. The Bertz CT molecular complexity index is 404. The minimum absolute atomic E-state index is 0.455. The van der Waals surface area contributed by atoms with E-state index in [-0.39, 0.29) is 0 Å². The number of ether oxygens (including phenoxy) is 1. The smallest absolute Gasteiger partial charge is 0.119 e. The Balaban J connectivity index is 1.79. The largest absolute Gasteiger partial charge is 0.494 e. The van der Waals surface area contributed by atoms with Crippen LogP contribution in [0.4, 0.5) is 0 Å². The molecule has 1 saturated heterocycles. The molecule has 1 aliphatic heterocycles. The van der Waals surface area contributed by atoms with Crippen molar-refractivity contribution in [3.05, 3.63) is 29.8 Å². The molecule has 1 aromatic rings. The van der Waals surface area contributed by atoms with Gasteiger partial charge < -0.3 is 15.0 Å². The topological polar surface area (TPSA) is 24.5 Å². The summed E-state index contributed by atoms with van der Waals surface area (Å²) in [5.74, 6) is 0.991. The first kappa shape index (κ1) is 16.3. The standard InChI is InChI=1S/C18H30N2O/c1-4-18(19-5-2)15-8-10-17(11-9-15)21-14-12-16-7-6-13-20(16)3/h8-11,16,18-19H,4-7,12-14H2,1-3H3. The van der Waals surface area contributed by atoms with Crippen LogP contribution in [0.25, 0.3) is 0 Å². The van der Waals surface area contributed by atoms with E-state index in [1.807, 2.05) is 0 Å². The molecule has 21 heavy (non-hydrogen) atoms. The van der Waals surface area contributed by atoms with Crippen LogP contribution in [0, 0.1) is 0 Å². The molecule has 1 aliphatic rings. The first-order valence-corrected chi connectivity index (χ1v) is 8.41. The van der Waals surface area contributed by atoms with Crippen LogP contribution in [0.2, 0.25) is 0 Å². The lowest BCUT2D eigenvalue weighted by Gasteiger charge is -2.19. The predicted octanol–water partition coefficient (Wildman–Crippen LogP) is 3.61. The first-order valence-electron chi connectivity index (χ1n) is 8.41. The molecule has 0 saturated carbocycles. The Morgan fingerprint density at radius 3 is 2.62 bits per heavy atom. The molecule has 2 unspecified atom stereocenters. The van der Waals surface area contributed by atoms with Crippen molar-refractivity contribution in [2.24, 2.45) is 0 Å². The van der Waals surface area contributed by atoms with Gasteiger partial charge in [0.05, 0.1) is 6.61 Å². The number of nitrogens with zero attached hydrogens (tertiary/aromatic N) is 1. The number of rotatable bonds is 8. The number of nitrogens with one attached hydrogen (secondary N) is 1. The zero-order chi connectivity index (χ0) is 15.1. The Hall–Kier alpha value is -1.06. The summed E-state index contributed by atoms with van der Waals surface area (Å²) < 4.78 is 5.90. The Morgan fingerprint density at radius 1 is 1.29 bits per heavy atom. The Kier molecular flexibility index (Phi) is 6.52. The van der Waals surface area contributed by atoms with Gasteiger partial charge in [-0.25, -0.2) is 0 Å². The molecular weight excluding hydrogens is 260 g/mol. The minimum Gasteiger partial charge on any atom is -0.494 e. The van der Waals surface area contributed by atoms with Crippen LogP contribution < -0.4 is 10.1 Å².